The van der Waals surface area contributed by atoms with E-state index in [0.717, 1.165) is 50.4 Å². The summed E-state index contributed by atoms with van der Waals surface area (Å²) in [5.41, 5.74) is 2.11. The van der Waals surface area contributed by atoms with Crippen LogP contribution in [0.2, 0.25) is 5.02 Å². The van der Waals surface area contributed by atoms with Gasteiger partial charge in [-0.2, -0.15) is 0 Å². The third kappa shape index (κ3) is 4.19. The van der Waals surface area contributed by atoms with Crippen molar-refractivity contribution in [2.75, 3.05) is 38.7 Å². The zero-order chi connectivity index (χ0) is 21.4. The van der Waals surface area contributed by atoms with Gasteiger partial charge in [0.15, 0.2) is 11.5 Å². The first-order valence-electron chi connectivity index (χ1n) is 10.8. The van der Waals surface area contributed by atoms with E-state index < -0.39 is 0 Å². The van der Waals surface area contributed by atoms with Gasteiger partial charge in [0.1, 0.15) is 19.0 Å². The van der Waals surface area contributed by atoms with Gasteiger partial charge < -0.3 is 19.5 Å². The molecule has 0 bridgehead atoms. The molecule has 1 amide bonds. The second kappa shape index (κ2) is 8.24. The van der Waals surface area contributed by atoms with Crippen LogP contribution in [-0.2, 0) is 11.3 Å². The van der Waals surface area contributed by atoms with Gasteiger partial charge in [0.25, 0.3) is 0 Å². The van der Waals surface area contributed by atoms with Crippen molar-refractivity contribution >= 4 is 23.2 Å². The quantitative estimate of drug-likeness (QED) is 0.745. The molecular weight excluding hydrogens is 416 g/mol. The molecule has 1 spiro atoms. The zero-order valence-electron chi connectivity index (χ0n) is 17.7. The highest BCUT2D eigenvalue weighted by Crippen LogP contribution is 2.59. The summed E-state index contributed by atoms with van der Waals surface area (Å²) in [5, 5.41) is 3.53. The van der Waals surface area contributed by atoms with E-state index in [1.807, 2.05) is 12.1 Å². The number of nitrogens with zero attached hydrogens (tertiary/aromatic N) is 1. The average Bonchev–Trinajstić information content (AvgIpc) is 3.49. The standard InChI is InChI=1S/C24H27ClN2O4/c1-29-20-5-3-17(13-19(20)25)26-23(28)18-14-24(18)6-8-27(9-7-24)15-16-2-4-21-22(12-16)31-11-10-30-21/h2-5,12-13,18H,6-11,14-15H2,1H3,(H,26,28). The highest BCUT2D eigenvalue weighted by atomic mass is 35.5. The second-order valence-corrected chi connectivity index (χ2v) is 9.12. The Morgan fingerprint density at radius 3 is 2.68 bits per heavy atom. The topological polar surface area (TPSA) is 60.0 Å². The Balaban J connectivity index is 1.14. The fraction of sp³-hybridized carbons (Fsp3) is 0.458. The molecule has 6 nitrogen and oxygen atoms in total. The molecule has 2 aromatic carbocycles. The van der Waals surface area contributed by atoms with Crippen LogP contribution in [0.1, 0.15) is 24.8 Å². The summed E-state index contributed by atoms with van der Waals surface area (Å²) in [6.45, 7) is 4.13. The number of carbonyl (C=O) groups excluding carboxylic acids is 1. The average molecular weight is 443 g/mol. The molecule has 164 valence electrons. The number of fused-ring (bicyclic) bond motifs is 1. The first-order chi connectivity index (χ1) is 15.1. The summed E-state index contributed by atoms with van der Waals surface area (Å²) in [7, 11) is 1.58. The van der Waals surface area contributed by atoms with Crippen molar-refractivity contribution in [1.29, 1.82) is 0 Å². The first kappa shape index (κ1) is 20.5. The molecule has 1 atom stereocenters. The number of piperidine rings is 1. The number of rotatable bonds is 5. The van der Waals surface area contributed by atoms with Crippen LogP contribution in [0, 0.1) is 11.3 Å². The fourth-order valence-electron chi connectivity index (χ4n) is 4.85. The van der Waals surface area contributed by atoms with Gasteiger partial charge in [-0.3, -0.25) is 9.69 Å². The summed E-state index contributed by atoms with van der Waals surface area (Å²) < 4.78 is 16.5. The maximum absolute atomic E-state index is 12.8. The van der Waals surface area contributed by atoms with Crippen LogP contribution in [0.4, 0.5) is 5.69 Å². The highest BCUT2D eigenvalue weighted by Gasteiger charge is 2.58. The number of hydrogen-bond donors (Lipinski definition) is 1. The van der Waals surface area contributed by atoms with Gasteiger partial charge in [-0.05, 0) is 73.7 Å². The van der Waals surface area contributed by atoms with E-state index in [1.54, 1.807) is 19.2 Å². The summed E-state index contributed by atoms with van der Waals surface area (Å²) in [5.74, 6) is 2.46. The molecule has 3 aliphatic rings. The van der Waals surface area contributed by atoms with Crippen LogP contribution >= 0.6 is 11.6 Å². The zero-order valence-corrected chi connectivity index (χ0v) is 18.4. The molecule has 0 radical (unpaired) electrons. The van der Waals surface area contributed by atoms with E-state index in [0.29, 0.717) is 29.7 Å². The molecule has 1 saturated heterocycles. The third-order valence-electron chi connectivity index (χ3n) is 6.79. The molecule has 5 rings (SSSR count). The number of halogens is 1. The van der Waals surface area contributed by atoms with Gasteiger partial charge in [-0.25, -0.2) is 0 Å². The number of hydrogen-bond acceptors (Lipinski definition) is 5. The summed E-state index contributed by atoms with van der Waals surface area (Å²) in [4.78, 5) is 15.3. The van der Waals surface area contributed by atoms with Crippen LogP contribution in [-0.4, -0.2) is 44.2 Å². The Labute approximate surface area is 187 Å². The summed E-state index contributed by atoms with van der Waals surface area (Å²) in [6, 6.07) is 11.5. The smallest absolute Gasteiger partial charge is 0.228 e. The van der Waals surface area contributed by atoms with Crippen molar-refractivity contribution in [3.8, 4) is 17.2 Å². The molecule has 31 heavy (non-hydrogen) atoms. The van der Waals surface area contributed by atoms with Gasteiger partial charge in [0, 0.05) is 18.2 Å². The van der Waals surface area contributed by atoms with Gasteiger partial charge in [-0.1, -0.05) is 17.7 Å². The second-order valence-electron chi connectivity index (χ2n) is 8.71. The molecule has 2 aromatic rings. The number of nitrogens with one attached hydrogen (secondary N) is 1. The van der Waals surface area contributed by atoms with Gasteiger partial charge in [-0.15, -0.1) is 0 Å². The highest BCUT2D eigenvalue weighted by molar-refractivity contribution is 6.32. The molecule has 1 N–H and O–H groups in total. The van der Waals surface area contributed by atoms with Crippen molar-refractivity contribution < 1.29 is 19.0 Å². The molecular formula is C24H27ClN2O4. The number of methoxy groups -OCH3 is 1. The Morgan fingerprint density at radius 2 is 1.94 bits per heavy atom. The van der Waals surface area contributed by atoms with Crippen molar-refractivity contribution in [2.45, 2.75) is 25.8 Å². The summed E-state index contributed by atoms with van der Waals surface area (Å²) >= 11 is 6.18. The lowest BCUT2D eigenvalue weighted by Gasteiger charge is -2.33. The molecule has 1 aliphatic carbocycles. The van der Waals surface area contributed by atoms with Crippen LogP contribution in [0.25, 0.3) is 0 Å². The van der Waals surface area contributed by atoms with Crippen LogP contribution in [0.3, 0.4) is 0 Å². The Bertz CT molecular complexity index is 988. The maximum atomic E-state index is 12.8. The van der Waals surface area contributed by atoms with Crippen molar-refractivity contribution in [3.63, 3.8) is 0 Å². The molecule has 1 saturated carbocycles. The van der Waals surface area contributed by atoms with Crippen LogP contribution in [0.5, 0.6) is 17.2 Å². The molecule has 2 fully saturated rings. The fourth-order valence-corrected chi connectivity index (χ4v) is 5.10. The molecule has 1 unspecified atom stereocenters. The van der Waals surface area contributed by atoms with Crippen molar-refractivity contribution in [3.05, 3.63) is 47.0 Å². The van der Waals surface area contributed by atoms with E-state index in [2.05, 4.69) is 22.3 Å². The number of ether oxygens (including phenoxy) is 3. The number of likely N-dealkylation sites (tertiary alicyclic amines) is 1. The molecule has 0 aromatic heterocycles. The normalized spacial score (nSPS) is 21.5. The van der Waals surface area contributed by atoms with Gasteiger partial charge in [0.05, 0.1) is 12.1 Å². The molecule has 2 heterocycles. The minimum Gasteiger partial charge on any atom is -0.495 e. The molecule has 2 aliphatic heterocycles. The number of anilines is 1. The first-order valence-corrected chi connectivity index (χ1v) is 11.2. The minimum absolute atomic E-state index is 0.0878. The van der Waals surface area contributed by atoms with Crippen LogP contribution < -0.4 is 19.5 Å². The van der Waals surface area contributed by atoms with E-state index >= 15 is 0 Å². The Morgan fingerprint density at radius 1 is 1.16 bits per heavy atom. The SMILES string of the molecule is COc1ccc(NC(=O)C2CC23CCN(Cc2ccc4c(c2)OCCO4)CC3)cc1Cl. The lowest BCUT2D eigenvalue weighted by atomic mass is 9.90. The number of benzene rings is 2. The van der Waals surface area contributed by atoms with E-state index in [1.165, 1.54) is 5.56 Å². The van der Waals surface area contributed by atoms with E-state index in [-0.39, 0.29) is 17.2 Å². The van der Waals surface area contributed by atoms with E-state index in [4.69, 9.17) is 25.8 Å². The van der Waals surface area contributed by atoms with Crippen molar-refractivity contribution in [1.82, 2.24) is 4.90 Å². The van der Waals surface area contributed by atoms with Crippen molar-refractivity contribution in [2.24, 2.45) is 11.3 Å². The Kier molecular flexibility index (Phi) is 5.44. The van der Waals surface area contributed by atoms with Gasteiger partial charge >= 0.3 is 0 Å². The third-order valence-corrected chi connectivity index (χ3v) is 7.09. The minimum atomic E-state index is 0.0878. The lowest BCUT2D eigenvalue weighted by Crippen LogP contribution is -2.35. The molecule has 7 heteroatoms. The summed E-state index contributed by atoms with van der Waals surface area (Å²) in [6.07, 6.45) is 3.08. The van der Waals surface area contributed by atoms with E-state index in [9.17, 15) is 4.79 Å². The lowest BCUT2D eigenvalue weighted by molar-refractivity contribution is -0.118. The maximum Gasteiger partial charge on any atom is 0.228 e. The van der Waals surface area contributed by atoms with Gasteiger partial charge in [0.2, 0.25) is 5.91 Å². The number of amides is 1. The van der Waals surface area contributed by atoms with Crippen LogP contribution in [0.15, 0.2) is 36.4 Å². The Hall–Kier alpha value is -2.44. The predicted molar refractivity (Wildman–Crippen MR) is 119 cm³/mol. The largest absolute Gasteiger partial charge is 0.495 e. The monoisotopic (exact) mass is 442 g/mol. The predicted octanol–water partition coefficient (Wildman–Crippen LogP) is 4.36. The number of carbonyl (C=O) groups is 1.